The van der Waals surface area contributed by atoms with Gasteiger partial charge in [0.1, 0.15) is 5.03 Å². The highest BCUT2D eigenvalue weighted by Crippen LogP contribution is 2.29. The van der Waals surface area contributed by atoms with E-state index >= 15 is 0 Å². The molecule has 0 saturated carbocycles. The second-order valence-electron chi connectivity index (χ2n) is 4.19. The van der Waals surface area contributed by atoms with E-state index in [2.05, 4.69) is 22.4 Å². The van der Waals surface area contributed by atoms with Gasteiger partial charge >= 0.3 is 0 Å². The molecule has 0 aliphatic heterocycles. The zero-order chi connectivity index (χ0) is 14.2. The monoisotopic (exact) mass is 308 g/mol. The van der Waals surface area contributed by atoms with Crippen molar-refractivity contribution in [3.63, 3.8) is 0 Å². The molecule has 1 N–H and O–H groups in total. The number of hydrogen-bond acceptors (Lipinski definition) is 4. The van der Waals surface area contributed by atoms with E-state index in [0.29, 0.717) is 11.6 Å². The summed E-state index contributed by atoms with van der Waals surface area (Å²) in [7, 11) is 1.71. The van der Waals surface area contributed by atoms with Crippen LogP contribution in [0, 0.1) is 0 Å². The molecule has 0 aliphatic rings. The third-order valence-corrected chi connectivity index (χ3v) is 3.98. The average Bonchev–Trinajstić information content (AvgIpc) is 2.47. The van der Waals surface area contributed by atoms with E-state index in [1.807, 2.05) is 24.3 Å². The summed E-state index contributed by atoms with van der Waals surface area (Å²) in [5.74, 6) is 0. The lowest BCUT2D eigenvalue weighted by Crippen LogP contribution is -2.18. The lowest BCUT2D eigenvalue weighted by Gasteiger charge is -2.09. The van der Waals surface area contributed by atoms with E-state index < -0.39 is 0 Å². The van der Waals surface area contributed by atoms with Crippen molar-refractivity contribution in [3.8, 4) is 0 Å². The summed E-state index contributed by atoms with van der Waals surface area (Å²) in [6.07, 6.45) is 1.67. The van der Waals surface area contributed by atoms with Gasteiger partial charge in [0.25, 0.3) is 0 Å². The molecule has 0 unspecified atom stereocenters. The fourth-order valence-electron chi connectivity index (χ4n) is 1.68. The Hall–Kier alpha value is -1.07. The molecule has 0 fully saturated rings. The Morgan fingerprint density at radius 2 is 2.10 bits per heavy atom. The predicted octanol–water partition coefficient (Wildman–Crippen LogP) is 3.62. The molecule has 106 valence electrons. The number of hydrogen-bond donors (Lipinski definition) is 1. The number of nitrogens with one attached hydrogen (secondary N) is 1. The number of ether oxygens (including phenoxy) is 1. The maximum Gasteiger partial charge on any atom is 0.101 e. The number of benzene rings is 1. The lowest BCUT2D eigenvalue weighted by molar-refractivity contribution is 0.199. The van der Waals surface area contributed by atoms with E-state index in [9.17, 15) is 0 Å². The van der Waals surface area contributed by atoms with Crippen LogP contribution < -0.4 is 5.32 Å². The minimum Gasteiger partial charge on any atom is -0.383 e. The van der Waals surface area contributed by atoms with Crippen LogP contribution in [0.5, 0.6) is 0 Å². The molecule has 0 radical (unpaired) electrons. The SMILES string of the molecule is COCCNCc1ccccc1Sc1ccc(Cl)cn1. The molecule has 1 aromatic carbocycles. The summed E-state index contributed by atoms with van der Waals surface area (Å²) >= 11 is 7.50. The third-order valence-electron chi connectivity index (χ3n) is 2.69. The van der Waals surface area contributed by atoms with Crippen LogP contribution in [-0.2, 0) is 11.3 Å². The van der Waals surface area contributed by atoms with Crippen LogP contribution in [0.15, 0.2) is 52.5 Å². The molecular formula is C15H17ClN2OS. The molecule has 0 saturated heterocycles. The Balaban J connectivity index is 2.01. The summed E-state index contributed by atoms with van der Waals surface area (Å²) < 4.78 is 5.03. The van der Waals surface area contributed by atoms with Gasteiger partial charge in [-0.1, -0.05) is 41.6 Å². The zero-order valence-corrected chi connectivity index (χ0v) is 12.9. The number of halogens is 1. The second-order valence-corrected chi connectivity index (χ2v) is 5.69. The summed E-state index contributed by atoms with van der Waals surface area (Å²) in [5.41, 5.74) is 1.25. The van der Waals surface area contributed by atoms with Crippen LogP contribution in [0.3, 0.4) is 0 Å². The topological polar surface area (TPSA) is 34.1 Å². The van der Waals surface area contributed by atoms with Gasteiger partial charge in [-0.15, -0.1) is 0 Å². The first kappa shape index (κ1) is 15.3. The van der Waals surface area contributed by atoms with Crippen LogP contribution in [0.4, 0.5) is 0 Å². The van der Waals surface area contributed by atoms with Crippen molar-refractivity contribution in [3.05, 3.63) is 53.2 Å². The molecule has 20 heavy (non-hydrogen) atoms. The molecule has 1 heterocycles. The summed E-state index contributed by atoms with van der Waals surface area (Å²) in [4.78, 5) is 5.52. The molecular weight excluding hydrogens is 292 g/mol. The number of nitrogens with zero attached hydrogens (tertiary/aromatic N) is 1. The predicted molar refractivity (Wildman–Crippen MR) is 83.4 cm³/mol. The van der Waals surface area contributed by atoms with Gasteiger partial charge in [0, 0.05) is 31.3 Å². The smallest absolute Gasteiger partial charge is 0.101 e. The highest BCUT2D eigenvalue weighted by molar-refractivity contribution is 7.99. The average molecular weight is 309 g/mol. The fourth-order valence-corrected chi connectivity index (χ4v) is 2.68. The Labute approximate surface area is 128 Å². The number of rotatable bonds is 7. The van der Waals surface area contributed by atoms with E-state index in [-0.39, 0.29) is 0 Å². The van der Waals surface area contributed by atoms with E-state index in [4.69, 9.17) is 16.3 Å². The molecule has 0 aliphatic carbocycles. The van der Waals surface area contributed by atoms with E-state index in [1.165, 1.54) is 10.5 Å². The molecule has 2 rings (SSSR count). The van der Waals surface area contributed by atoms with Gasteiger partial charge in [0.2, 0.25) is 0 Å². The quantitative estimate of drug-likeness (QED) is 0.792. The van der Waals surface area contributed by atoms with Gasteiger partial charge in [0.15, 0.2) is 0 Å². The molecule has 0 spiro atoms. The maximum absolute atomic E-state index is 5.85. The first-order chi connectivity index (χ1) is 9.79. The van der Waals surface area contributed by atoms with E-state index in [1.54, 1.807) is 25.1 Å². The molecule has 0 bridgehead atoms. The maximum atomic E-state index is 5.85. The largest absolute Gasteiger partial charge is 0.383 e. The zero-order valence-electron chi connectivity index (χ0n) is 11.3. The lowest BCUT2D eigenvalue weighted by atomic mass is 10.2. The molecule has 2 aromatic rings. The van der Waals surface area contributed by atoms with Crippen LogP contribution in [0.1, 0.15) is 5.56 Å². The number of methoxy groups -OCH3 is 1. The van der Waals surface area contributed by atoms with Crippen molar-refractivity contribution in [2.75, 3.05) is 20.3 Å². The van der Waals surface area contributed by atoms with Crippen molar-refractivity contribution in [1.82, 2.24) is 10.3 Å². The normalized spacial score (nSPS) is 10.7. The number of pyridine rings is 1. The van der Waals surface area contributed by atoms with Crippen LogP contribution >= 0.6 is 23.4 Å². The van der Waals surface area contributed by atoms with Crippen molar-refractivity contribution in [2.24, 2.45) is 0 Å². The first-order valence-corrected chi connectivity index (χ1v) is 7.56. The van der Waals surface area contributed by atoms with Crippen LogP contribution in [-0.4, -0.2) is 25.2 Å². The second kappa shape index (κ2) is 8.27. The van der Waals surface area contributed by atoms with E-state index in [0.717, 1.165) is 18.1 Å². The fraction of sp³-hybridized carbons (Fsp3) is 0.267. The van der Waals surface area contributed by atoms with Gasteiger partial charge in [-0.05, 0) is 23.8 Å². The minimum atomic E-state index is 0.656. The third kappa shape index (κ3) is 4.80. The Kier molecular flexibility index (Phi) is 6.33. The first-order valence-electron chi connectivity index (χ1n) is 6.36. The molecule has 0 amide bonds. The van der Waals surface area contributed by atoms with Gasteiger partial charge in [-0.2, -0.15) is 0 Å². The molecule has 5 heteroatoms. The Morgan fingerprint density at radius 1 is 1.25 bits per heavy atom. The molecule has 0 atom stereocenters. The number of aromatic nitrogens is 1. The van der Waals surface area contributed by atoms with Crippen molar-refractivity contribution in [1.29, 1.82) is 0 Å². The van der Waals surface area contributed by atoms with Crippen molar-refractivity contribution in [2.45, 2.75) is 16.5 Å². The van der Waals surface area contributed by atoms with Gasteiger partial charge in [0.05, 0.1) is 11.6 Å². The standard InChI is InChI=1S/C15H17ClN2OS/c1-19-9-8-17-10-12-4-2-3-5-14(12)20-15-7-6-13(16)11-18-15/h2-7,11,17H,8-10H2,1H3. The highest BCUT2D eigenvalue weighted by Gasteiger charge is 2.04. The van der Waals surface area contributed by atoms with Crippen LogP contribution in [0.2, 0.25) is 5.02 Å². The minimum absolute atomic E-state index is 0.656. The molecule has 3 nitrogen and oxygen atoms in total. The Bertz CT molecular complexity index is 534. The molecule has 1 aromatic heterocycles. The van der Waals surface area contributed by atoms with Gasteiger partial charge in [-0.3, -0.25) is 0 Å². The summed E-state index contributed by atoms with van der Waals surface area (Å²) in [5, 5.41) is 4.96. The van der Waals surface area contributed by atoms with Gasteiger partial charge in [-0.25, -0.2) is 4.98 Å². The van der Waals surface area contributed by atoms with Crippen molar-refractivity contribution >= 4 is 23.4 Å². The summed E-state index contributed by atoms with van der Waals surface area (Å²) in [6.45, 7) is 2.38. The van der Waals surface area contributed by atoms with Crippen molar-refractivity contribution < 1.29 is 4.74 Å². The van der Waals surface area contributed by atoms with Gasteiger partial charge < -0.3 is 10.1 Å². The highest BCUT2D eigenvalue weighted by atomic mass is 35.5. The Morgan fingerprint density at radius 3 is 2.85 bits per heavy atom. The van der Waals surface area contributed by atoms with Crippen LogP contribution in [0.25, 0.3) is 0 Å². The summed E-state index contributed by atoms with van der Waals surface area (Å²) in [6, 6.07) is 12.1.